The zero-order valence-corrected chi connectivity index (χ0v) is 10.6. The van der Waals surface area contributed by atoms with Gasteiger partial charge in [0.15, 0.2) is 0 Å². The maximum atomic E-state index is 11.4. The molecule has 0 spiro atoms. The van der Waals surface area contributed by atoms with Gasteiger partial charge in [-0.2, -0.15) is 0 Å². The Morgan fingerprint density at radius 3 is 2.00 bits per heavy atom. The Balaban J connectivity index is 4.05. The van der Waals surface area contributed by atoms with Crippen LogP contribution in [0.25, 0.3) is 0 Å². The van der Waals surface area contributed by atoms with E-state index in [2.05, 4.69) is 4.74 Å². The van der Waals surface area contributed by atoms with Crippen LogP contribution >= 0.6 is 0 Å². The van der Waals surface area contributed by atoms with Crippen LogP contribution in [0.2, 0.25) is 0 Å². The summed E-state index contributed by atoms with van der Waals surface area (Å²) in [5.41, 5.74) is 15.9. The smallest absolute Gasteiger partial charge is 0.330 e. The number of hydrogen-bond donors (Lipinski definition) is 3. The van der Waals surface area contributed by atoms with E-state index < -0.39 is 29.9 Å². The largest absolute Gasteiger partial charge is 0.391 e. The second-order valence-electron chi connectivity index (χ2n) is 4.10. The van der Waals surface area contributed by atoms with Gasteiger partial charge in [0, 0.05) is 6.42 Å². The highest BCUT2D eigenvalue weighted by Gasteiger charge is 2.22. The van der Waals surface area contributed by atoms with Crippen LogP contribution < -0.4 is 17.2 Å². The third-order valence-electron chi connectivity index (χ3n) is 2.38. The van der Waals surface area contributed by atoms with Gasteiger partial charge in [0.2, 0.25) is 5.91 Å². The van der Waals surface area contributed by atoms with E-state index in [0.29, 0.717) is 6.42 Å². The van der Waals surface area contributed by atoms with Crippen molar-refractivity contribution in [2.75, 3.05) is 0 Å². The van der Waals surface area contributed by atoms with E-state index in [1.165, 1.54) is 0 Å². The number of rotatable bonds is 8. The van der Waals surface area contributed by atoms with Crippen LogP contribution in [0.3, 0.4) is 0 Å². The van der Waals surface area contributed by atoms with E-state index in [9.17, 15) is 14.4 Å². The molecular formula is C11H21N3O4. The summed E-state index contributed by atoms with van der Waals surface area (Å²) in [6.45, 7) is 1.96. The van der Waals surface area contributed by atoms with Crippen molar-refractivity contribution in [3.05, 3.63) is 0 Å². The molecule has 0 radical (unpaired) electrons. The molecule has 0 bridgehead atoms. The van der Waals surface area contributed by atoms with E-state index in [1.54, 1.807) is 0 Å². The van der Waals surface area contributed by atoms with Crippen LogP contribution in [0, 0.1) is 0 Å². The molecule has 0 unspecified atom stereocenters. The SMILES string of the molecule is CCCC[C@H](N)C(=O)OC(=O)[C@@H](N)CCC(N)=O. The van der Waals surface area contributed by atoms with Crippen molar-refractivity contribution in [1.29, 1.82) is 0 Å². The van der Waals surface area contributed by atoms with Crippen LogP contribution in [-0.2, 0) is 19.1 Å². The number of amides is 1. The van der Waals surface area contributed by atoms with Gasteiger partial charge in [0.25, 0.3) is 0 Å². The Bertz CT molecular complexity index is 307. The van der Waals surface area contributed by atoms with Gasteiger partial charge in [0.05, 0.1) is 0 Å². The third-order valence-corrected chi connectivity index (χ3v) is 2.38. The molecule has 0 fully saturated rings. The van der Waals surface area contributed by atoms with Gasteiger partial charge >= 0.3 is 11.9 Å². The Labute approximate surface area is 106 Å². The maximum Gasteiger partial charge on any atom is 0.330 e. The summed E-state index contributed by atoms with van der Waals surface area (Å²) in [7, 11) is 0. The standard InChI is InChI=1S/C11H21N3O4/c1-2-3-4-7(12)10(16)18-11(17)8(13)5-6-9(14)15/h7-8H,2-6,12-13H2,1H3,(H2,14,15)/t7-,8-/m0/s1. The number of nitrogens with two attached hydrogens (primary N) is 3. The highest BCUT2D eigenvalue weighted by atomic mass is 16.6. The van der Waals surface area contributed by atoms with Gasteiger partial charge in [-0.1, -0.05) is 19.8 Å². The monoisotopic (exact) mass is 259 g/mol. The van der Waals surface area contributed by atoms with Gasteiger partial charge in [-0.3, -0.25) is 4.79 Å². The third kappa shape index (κ3) is 6.97. The Kier molecular flexibility index (Phi) is 7.89. The van der Waals surface area contributed by atoms with E-state index >= 15 is 0 Å². The highest BCUT2D eigenvalue weighted by Crippen LogP contribution is 2.02. The molecule has 6 N–H and O–H groups in total. The minimum atomic E-state index is -1.04. The van der Waals surface area contributed by atoms with Gasteiger partial charge in [-0.05, 0) is 12.8 Å². The van der Waals surface area contributed by atoms with Crippen molar-refractivity contribution in [2.45, 2.75) is 51.1 Å². The lowest BCUT2D eigenvalue weighted by Gasteiger charge is -2.12. The molecule has 0 aromatic rings. The number of primary amides is 1. The fourth-order valence-corrected chi connectivity index (χ4v) is 1.21. The topological polar surface area (TPSA) is 138 Å². The molecule has 0 aromatic carbocycles. The van der Waals surface area contributed by atoms with Gasteiger partial charge in [-0.15, -0.1) is 0 Å². The van der Waals surface area contributed by atoms with Crippen LogP contribution in [0.5, 0.6) is 0 Å². The van der Waals surface area contributed by atoms with Gasteiger partial charge < -0.3 is 21.9 Å². The van der Waals surface area contributed by atoms with Crippen LogP contribution in [-0.4, -0.2) is 29.9 Å². The first-order chi connectivity index (χ1) is 8.38. The van der Waals surface area contributed by atoms with Crippen molar-refractivity contribution in [1.82, 2.24) is 0 Å². The normalized spacial score (nSPS) is 13.7. The molecule has 7 heteroatoms. The number of carbonyl (C=O) groups excluding carboxylic acids is 3. The molecule has 0 rings (SSSR count). The van der Waals surface area contributed by atoms with Crippen LogP contribution in [0.4, 0.5) is 0 Å². The molecule has 0 aliphatic carbocycles. The fraction of sp³-hybridized carbons (Fsp3) is 0.727. The lowest BCUT2D eigenvalue weighted by Crippen LogP contribution is -2.40. The highest BCUT2D eigenvalue weighted by molar-refractivity contribution is 5.90. The fourth-order valence-electron chi connectivity index (χ4n) is 1.21. The first-order valence-corrected chi connectivity index (χ1v) is 5.93. The number of esters is 2. The predicted octanol–water partition coefficient (Wildman–Crippen LogP) is -0.833. The number of hydrogen-bond acceptors (Lipinski definition) is 6. The number of unbranched alkanes of at least 4 members (excludes halogenated alkanes) is 1. The molecule has 0 aromatic heterocycles. The van der Waals surface area contributed by atoms with Crippen molar-refractivity contribution >= 4 is 17.8 Å². The van der Waals surface area contributed by atoms with Crippen molar-refractivity contribution in [3.8, 4) is 0 Å². The summed E-state index contributed by atoms with van der Waals surface area (Å²) < 4.78 is 4.52. The van der Waals surface area contributed by atoms with Crippen molar-refractivity contribution in [2.24, 2.45) is 17.2 Å². The lowest BCUT2D eigenvalue weighted by atomic mass is 10.1. The van der Waals surface area contributed by atoms with Gasteiger partial charge in [0.1, 0.15) is 12.1 Å². The van der Waals surface area contributed by atoms with Crippen molar-refractivity contribution in [3.63, 3.8) is 0 Å². The zero-order valence-electron chi connectivity index (χ0n) is 10.6. The summed E-state index contributed by atoms with van der Waals surface area (Å²) in [5.74, 6) is -2.24. The zero-order chi connectivity index (χ0) is 14.1. The molecule has 0 aliphatic heterocycles. The van der Waals surface area contributed by atoms with E-state index in [0.717, 1.165) is 12.8 Å². The average Bonchev–Trinajstić information content (AvgIpc) is 2.32. The molecule has 0 aliphatic rings. The number of carbonyl (C=O) groups is 3. The number of ether oxygens (including phenoxy) is 1. The summed E-state index contributed by atoms with van der Waals surface area (Å²) in [5, 5.41) is 0. The quantitative estimate of drug-likeness (QED) is 0.384. The van der Waals surface area contributed by atoms with E-state index in [1.807, 2.05) is 6.92 Å². The Hall–Kier alpha value is -1.47. The molecule has 0 heterocycles. The molecule has 0 saturated carbocycles. The molecule has 104 valence electrons. The minimum absolute atomic E-state index is 0.0354. The molecule has 7 nitrogen and oxygen atoms in total. The predicted molar refractivity (Wildman–Crippen MR) is 65.0 cm³/mol. The minimum Gasteiger partial charge on any atom is -0.391 e. The van der Waals surface area contributed by atoms with Gasteiger partial charge in [-0.25, -0.2) is 9.59 Å². The van der Waals surface area contributed by atoms with E-state index in [-0.39, 0.29) is 12.8 Å². The second-order valence-corrected chi connectivity index (χ2v) is 4.10. The Morgan fingerprint density at radius 1 is 1.06 bits per heavy atom. The van der Waals surface area contributed by atoms with Crippen LogP contribution in [0.1, 0.15) is 39.0 Å². The molecule has 0 saturated heterocycles. The van der Waals surface area contributed by atoms with E-state index in [4.69, 9.17) is 17.2 Å². The summed E-state index contributed by atoms with van der Waals surface area (Å²) in [4.78, 5) is 33.3. The first-order valence-electron chi connectivity index (χ1n) is 5.93. The average molecular weight is 259 g/mol. The molecule has 18 heavy (non-hydrogen) atoms. The van der Waals surface area contributed by atoms with Crippen molar-refractivity contribution < 1.29 is 19.1 Å². The molecule has 2 atom stereocenters. The Morgan fingerprint density at radius 2 is 1.56 bits per heavy atom. The van der Waals surface area contributed by atoms with Crippen LogP contribution in [0.15, 0.2) is 0 Å². The summed E-state index contributed by atoms with van der Waals surface area (Å²) in [6, 6.07) is -1.86. The summed E-state index contributed by atoms with van der Waals surface area (Å²) in [6.07, 6.45) is 2.14. The summed E-state index contributed by atoms with van der Waals surface area (Å²) >= 11 is 0. The lowest BCUT2D eigenvalue weighted by molar-refractivity contribution is -0.161. The molecular weight excluding hydrogens is 238 g/mol. The second kappa shape index (κ2) is 8.60. The maximum absolute atomic E-state index is 11.4. The first kappa shape index (κ1) is 16.5. The molecule has 1 amide bonds.